The Hall–Kier alpha value is -1.60. The zero-order chi connectivity index (χ0) is 18.7. The summed E-state index contributed by atoms with van der Waals surface area (Å²) in [6, 6.07) is 9.20. The number of amides is 2. The fourth-order valence-electron chi connectivity index (χ4n) is 3.84. The van der Waals surface area contributed by atoms with Crippen LogP contribution >= 0.6 is 0 Å². The van der Waals surface area contributed by atoms with Crippen molar-refractivity contribution in [1.82, 2.24) is 9.21 Å². The van der Waals surface area contributed by atoms with E-state index >= 15 is 0 Å². The Morgan fingerprint density at radius 1 is 1.19 bits per heavy atom. The van der Waals surface area contributed by atoms with Crippen LogP contribution in [0.25, 0.3) is 0 Å². The smallest absolute Gasteiger partial charge is 0.321 e. The van der Waals surface area contributed by atoms with E-state index in [9.17, 15) is 13.2 Å². The van der Waals surface area contributed by atoms with E-state index in [0.29, 0.717) is 38.5 Å². The summed E-state index contributed by atoms with van der Waals surface area (Å²) in [7, 11) is -3.24. The fraction of sp³-hybridized carbons (Fsp3) is 0.632. The van der Waals surface area contributed by atoms with E-state index in [2.05, 4.69) is 19.2 Å². The molecule has 144 valence electrons. The Bertz CT molecular complexity index is 721. The largest absolute Gasteiger partial charge is 0.324 e. The number of fused-ring (bicyclic) bond motifs is 1. The predicted molar refractivity (Wildman–Crippen MR) is 103 cm³/mol. The summed E-state index contributed by atoms with van der Waals surface area (Å²) in [6.07, 6.45) is 2.15. The number of para-hydroxylation sites is 1. The lowest BCUT2D eigenvalue weighted by Gasteiger charge is -2.22. The van der Waals surface area contributed by atoms with Gasteiger partial charge in [0.25, 0.3) is 0 Å². The van der Waals surface area contributed by atoms with Gasteiger partial charge in [0.05, 0.1) is 5.25 Å². The highest BCUT2D eigenvalue weighted by Crippen LogP contribution is 2.34. The molecule has 7 heteroatoms. The molecule has 26 heavy (non-hydrogen) atoms. The molecule has 2 amide bonds. The average molecular weight is 380 g/mol. The molecule has 0 bridgehead atoms. The molecule has 2 saturated heterocycles. The molecule has 2 atom stereocenters. The number of likely N-dealkylation sites (tertiary alicyclic amines) is 1. The maximum absolute atomic E-state index is 12.9. The Morgan fingerprint density at radius 2 is 1.88 bits per heavy atom. The van der Waals surface area contributed by atoms with Gasteiger partial charge in [0, 0.05) is 31.9 Å². The quantitative estimate of drug-likeness (QED) is 0.874. The molecular formula is C19H29N3O3S. The topological polar surface area (TPSA) is 69.7 Å². The first kappa shape index (κ1) is 19.2. The summed E-state index contributed by atoms with van der Waals surface area (Å²) in [4.78, 5) is 14.2. The van der Waals surface area contributed by atoms with Crippen molar-refractivity contribution in [1.29, 1.82) is 0 Å². The van der Waals surface area contributed by atoms with E-state index < -0.39 is 10.0 Å². The molecule has 0 aromatic heterocycles. The predicted octanol–water partition coefficient (Wildman–Crippen LogP) is 2.99. The van der Waals surface area contributed by atoms with Gasteiger partial charge in [-0.1, -0.05) is 32.0 Å². The first-order valence-corrected chi connectivity index (χ1v) is 11.0. The summed E-state index contributed by atoms with van der Waals surface area (Å²) >= 11 is 0. The van der Waals surface area contributed by atoms with Crippen LogP contribution < -0.4 is 5.32 Å². The molecule has 1 N–H and O–H groups in total. The number of carbonyl (C=O) groups excluding carboxylic acids is 1. The molecular weight excluding hydrogens is 350 g/mol. The van der Waals surface area contributed by atoms with E-state index in [4.69, 9.17) is 0 Å². The van der Waals surface area contributed by atoms with Crippen molar-refractivity contribution in [2.75, 3.05) is 31.5 Å². The molecule has 0 unspecified atom stereocenters. The first-order valence-electron chi connectivity index (χ1n) is 9.48. The van der Waals surface area contributed by atoms with Gasteiger partial charge in [0.15, 0.2) is 0 Å². The maximum atomic E-state index is 12.9. The van der Waals surface area contributed by atoms with E-state index in [1.54, 1.807) is 9.21 Å². The minimum atomic E-state index is -3.24. The Balaban J connectivity index is 1.61. The molecule has 3 rings (SSSR count). The number of hydrogen-bond donors (Lipinski definition) is 1. The van der Waals surface area contributed by atoms with Crippen LogP contribution in [0.1, 0.15) is 33.1 Å². The second-order valence-electron chi connectivity index (χ2n) is 7.74. The summed E-state index contributed by atoms with van der Waals surface area (Å²) in [6.45, 7) is 6.54. The lowest BCUT2D eigenvalue weighted by molar-refractivity contribution is 0.212. The van der Waals surface area contributed by atoms with E-state index in [0.717, 1.165) is 18.5 Å². The molecule has 0 aliphatic carbocycles. The van der Waals surface area contributed by atoms with Gasteiger partial charge < -0.3 is 10.2 Å². The monoisotopic (exact) mass is 379 g/mol. The molecule has 2 heterocycles. The summed E-state index contributed by atoms with van der Waals surface area (Å²) < 4.78 is 27.4. The van der Waals surface area contributed by atoms with Crippen LogP contribution in [0.15, 0.2) is 30.3 Å². The number of nitrogens with zero attached hydrogens (tertiary/aromatic N) is 2. The minimum Gasteiger partial charge on any atom is -0.324 e. The molecule has 2 aliphatic rings. The number of urea groups is 1. The highest BCUT2D eigenvalue weighted by molar-refractivity contribution is 7.90. The Kier molecular flexibility index (Phi) is 5.87. The van der Waals surface area contributed by atoms with Crippen LogP contribution in [0.4, 0.5) is 10.5 Å². The number of sulfonamides is 1. The van der Waals surface area contributed by atoms with Gasteiger partial charge in [-0.25, -0.2) is 17.5 Å². The second-order valence-corrected chi connectivity index (χ2v) is 9.90. The molecule has 2 fully saturated rings. The molecule has 0 saturated carbocycles. The van der Waals surface area contributed by atoms with Crippen LogP contribution in [0.5, 0.6) is 0 Å². The standard InChI is InChI=1S/C19H29N3O3S/c1-15(2)8-13-22-14-16-9-11-21(12-10-18(16)26(22,24)25)19(23)20-17-6-4-3-5-7-17/h3-7,15-16,18H,8-14H2,1-2H3,(H,20,23)/t16-,18-/m0/s1. The van der Waals surface area contributed by atoms with E-state index in [-0.39, 0.29) is 17.2 Å². The molecule has 2 aliphatic heterocycles. The van der Waals surface area contributed by atoms with Crippen LogP contribution in [-0.2, 0) is 10.0 Å². The van der Waals surface area contributed by atoms with Gasteiger partial charge >= 0.3 is 6.03 Å². The van der Waals surface area contributed by atoms with Crippen molar-refractivity contribution in [3.8, 4) is 0 Å². The summed E-state index contributed by atoms with van der Waals surface area (Å²) in [5.74, 6) is 0.620. The van der Waals surface area contributed by atoms with Crippen molar-refractivity contribution in [3.05, 3.63) is 30.3 Å². The molecule has 6 nitrogen and oxygen atoms in total. The van der Waals surface area contributed by atoms with E-state index in [1.165, 1.54) is 0 Å². The van der Waals surface area contributed by atoms with Gasteiger partial charge in [-0.3, -0.25) is 0 Å². The van der Waals surface area contributed by atoms with Crippen molar-refractivity contribution < 1.29 is 13.2 Å². The number of benzene rings is 1. The van der Waals surface area contributed by atoms with Crippen LogP contribution in [0.2, 0.25) is 0 Å². The third-order valence-electron chi connectivity index (χ3n) is 5.43. The van der Waals surface area contributed by atoms with Crippen molar-refractivity contribution in [2.45, 2.75) is 38.4 Å². The normalized spacial score (nSPS) is 25.7. The Morgan fingerprint density at radius 3 is 2.58 bits per heavy atom. The number of carbonyl (C=O) groups is 1. The van der Waals surface area contributed by atoms with Crippen molar-refractivity contribution in [3.63, 3.8) is 0 Å². The fourth-order valence-corrected chi connectivity index (χ4v) is 6.10. The van der Waals surface area contributed by atoms with Gasteiger partial charge in [-0.05, 0) is 43.2 Å². The summed E-state index contributed by atoms with van der Waals surface area (Å²) in [5, 5.41) is 2.55. The SMILES string of the molecule is CC(C)CCN1C[C@@H]2CCN(C(=O)Nc3ccccc3)CC[C@@H]2S1(=O)=O. The molecule has 1 aromatic carbocycles. The molecule has 0 radical (unpaired) electrons. The highest BCUT2D eigenvalue weighted by Gasteiger charge is 2.46. The number of anilines is 1. The van der Waals surface area contributed by atoms with Crippen molar-refractivity contribution >= 4 is 21.7 Å². The summed E-state index contributed by atoms with van der Waals surface area (Å²) in [5.41, 5.74) is 0.759. The van der Waals surface area contributed by atoms with Crippen LogP contribution in [0, 0.1) is 11.8 Å². The Labute approximate surface area is 156 Å². The zero-order valence-corrected chi connectivity index (χ0v) is 16.4. The van der Waals surface area contributed by atoms with Crippen molar-refractivity contribution in [2.24, 2.45) is 11.8 Å². The number of hydrogen-bond acceptors (Lipinski definition) is 3. The second kappa shape index (κ2) is 7.96. The van der Waals surface area contributed by atoms with Gasteiger partial charge in [-0.15, -0.1) is 0 Å². The lowest BCUT2D eigenvalue weighted by atomic mass is 10.0. The van der Waals surface area contributed by atoms with Gasteiger partial charge in [-0.2, -0.15) is 0 Å². The molecule has 1 aromatic rings. The average Bonchev–Trinajstić information content (AvgIpc) is 2.75. The zero-order valence-electron chi connectivity index (χ0n) is 15.6. The van der Waals surface area contributed by atoms with Gasteiger partial charge in [0.2, 0.25) is 10.0 Å². The lowest BCUT2D eigenvalue weighted by Crippen LogP contribution is -2.37. The highest BCUT2D eigenvalue weighted by atomic mass is 32.2. The van der Waals surface area contributed by atoms with Crippen LogP contribution in [-0.4, -0.2) is 55.1 Å². The molecule has 0 spiro atoms. The van der Waals surface area contributed by atoms with Crippen LogP contribution in [0.3, 0.4) is 0 Å². The third-order valence-corrected chi connectivity index (χ3v) is 7.87. The maximum Gasteiger partial charge on any atom is 0.321 e. The number of rotatable bonds is 4. The van der Waals surface area contributed by atoms with Gasteiger partial charge in [0.1, 0.15) is 0 Å². The third kappa shape index (κ3) is 4.20. The first-order chi connectivity index (χ1) is 12.4. The minimum absolute atomic E-state index is 0.127. The van der Waals surface area contributed by atoms with E-state index in [1.807, 2.05) is 30.3 Å². The number of nitrogens with one attached hydrogen (secondary N) is 1.